The van der Waals surface area contributed by atoms with Crippen LogP contribution in [0.4, 0.5) is 4.39 Å². The molecule has 0 N–H and O–H groups in total. The van der Waals surface area contributed by atoms with Crippen molar-refractivity contribution in [2.45, 2.75) is 23.9 Å². The highest BCUT2D eigenvalue weighted by atomic mass is 35.5. The second-order valence-corrected chi connectivity index (χ2v) is 6.30. The molecule has 0 radical (unpaired) electrons. The van der Waals surface area contributed by atoms with E-state index in [4.69, 9.17) is 11.6 Å². The number of carbonyl (C=O) groups excluding carboxylic acids is 1. The van der Waals surface area contributed by atoms with E-state index >= 15 is 0 Å². The SMILES string of the molecule is O=C=NC1CCCN1S(=O)(=O)c1cc(F)ccc1Cl. The Bertz CT molecular complexity index is 643. The zero-order chi connectivity index (χ0) is 14.0. The normalized spacial score (nSPS) is 20.2. The highest BCUT2D eigenvalue weighted by molar-refractivity contribution is 7.89. The lowest BCUT2D eigenvalue weighted by Crippen LogP contribution is -2.34. The first-order valence-corrected chi connectivity index (χ1v) is 7.32. The van der Waals surface area contributed by atoms with Crippen molar-refractivity contribution in [1.82, 2.24) is 4.31 Å². The van der Waals surface area contributed by atoms with Gasteiger partial charge in [0.15, 0.2) is 0 Å². The lowest BCUT2D eigenvalue weighted by atomic mass is 10.3. The summed E-state index contributed by atoms with van der Waals surface area (Å²) in [5.74, 6) is -0.697. The molecule has 5 nitrogen and oxygen atoms in total. The van der Waals surface area contributed by atoms with Gasteiger partial charge in [-0.05, 0) is 31.0 Å². The van der Waals surface area contributed by atoms with Gasteiger partial charge in [-0.2, -0.15) is 9.30 Å². The Hall–Kier alpha value is -1.27. The highest BCUT2D eigenvalue weighted by Gasteiger charge is 2.36. The molecule has 1 heterocycles. The summed E-state index contributed by atoms with van der Waals surface area (Å²) in [5, 5.41) is -0.0675. The Morgan fingerprint density at radius 3 is 2.89 bits per heavy atom. The Balaban J connectivity index is 2.47. The number of halogens is 2. The Kier molecular flexibility index (Phi) is 4.01. The molecular weight excluding hydrogens is 295 g/mol. The number of benzene rings is 1. The maximum absolute atomic E-state index is 13.2. The second kappa shape index (κ2) is 5.38. The Morgan fingerprint density at radius 2 is 2.21 bits per heavy atom. The van der Waals surface area contributed by atoms with Gasteiger partial charge in [-0.25, -0.2) is 17.6 Å². The topological polar surface area (TPSA) is 66.8 Å². The summed E-state index contributed by atoms with van der Waals surface area (Å²) >= 11 is 5.80. The molecule has 0 saturated carbocycles. The van der Waals surface area contributed by atoms with Crippen LogP contribution in [0.1, 0.15) is 12.8 Å². The first-order chi connectivity index (χ1) is 8.96. The van der Waals surface area contributed by atoms with Gasteiger partial charge < -0.3 is 0 Å². The van der Waals surface area contributed by atoms with Gasteiger partial charge >= 0.3 is 0 Å². The van der Waals surface area contributed by atoms with E-state index in [0.29, 0.717) is 12.8 Å². The van der Waals surface area contributed by atoms with Crippen molar-refractivity contribution in [3.63, 3.8) is 0 Å². The van der Waals surface area contributed by atoms with E-state index in [1.54, 1.807) is 0 Å². The predicted molar refractivity (Wildman–Crippen MR) is 66.4 cm³/mol. The van der Waals surface area contributed by atoms with Crippen molar-refractivity contribution in [2.75, 3.05) is 6.54 Å². The van der Waals surface area contributed by atoms with Gasteiger partial charge in [0.25, 0.3) is 0 Å². The average molecular weight is 305 g/mol. The van der Waals surface area contributed by atoms with Crippen LogP contribution in [-0.4, -0.2) is 31.5 Å². The molecule has 102 valence electrons. The van der Waals surface area contributed by atoms with Crippen LogP contribution in [0.15, 0.2) is 28.1 Å². The van der Waals surface area contributed by atoms with Crippen LogP contribution in [0.2, 0.25) is 5.02 Å². The second-order valence-electron chi connectivity index (χ2n) is 4.03. The van der Waals surface area contributed by atoms with Crippen LogP contribution >= 0.6 is 11.6 Å². The number of sulfonamides is 1. The predicted octanol–water partition coefficient (Wildman–Crippen LogP) is 1.93. The maximum Gasteiger partial charge on any atom is 0.246 e. The molecule has 1 aliphatic heterocycles. The van der Waals surface area contributed by atoms with E-state index in [-0.39, 0.29) is 16.5 Å². The van der Waals surface area contributed by atoms with E-state index in [2.05, 4.69) is 4.99 Å². The molecule has 1 atom stereocenters. The van der Waals surface area contributed by atoms with E-state index in [0.717, 1.165) is 16.4 Å². The van der Waals surface area contributed by atoms with E-state index in [1.807, 2.05) is 0 Å². The lowest BCUT2D eigenvalue weighted by Gasteiger charge is -2.20. The van der Waals surface area contributed by atoms with Gasteiger partial charge in [0.1, 0.15) is 16.9 Å². The number of isocyanates is 1. The molecule has 2 rings (SSSR count). The minimum Gasteiger partial charge on any atom is -0.211 e. The van der Waals surface area contributed by atoms with Crippen molar-refractivity contribution in [3.8, 4) is 0 Å². The van der Waals surface area contributed by atoms with Gasteiger partial charge in [-0.15, -0.1) is 0 Å². The summed E-state index contributed by atoms with van der Waals surface area (Å²) in [6.07, 6.45) is 1.56. The van der Waals surface area contributed by atoms with Crippen molar-refractivity contribution >= 4 is 27.7 Å². The summed E-state index contributed by atoms with van der Waals surface area (Å²) < 4.78 is 39.0. The number of hydrogen-bond donors (Lipinski definition) is 0. The molecule has 1 aliphatic rings. The standard InChI is InChI=1S/C11H10ClFN2O3S/c12-9-4-3-8(13)6-10(9)19(17,18)15-5-1-2-11(15)14-7-16/h3-4,6,11H,1-2,5H2. The van der Waals surface area contributed by atoms with Gasteiger partial charge in [-0.3, -0.25) is 0 Å². The largest absolute Gasteiger partial charge is 0.246 e. The van der Waals surface area contributed by atoms with Gasteiger partial charge in [0.05, 0.1) is 5.02 Å². The van der Waals surface area contributed by atoms with Crippen molar-refractivity contribution in [2.24, 2.45) is 4.99 Å². The molecule has 0 spiro atoms. The molecule has 0 aromatic heterocycles. The first-order valence-electron chi connectivity index (χ1n) is 5.50. The molecule has 19 heavy (non-hydrogen) atoms. The summed E-state index contributed by atoms with van der Waals surface area (Å²) in [6, 6.07) is 3.11. The van der Waals surface area contributed by atoms with Crippen LogP contribution in [0.5, 0.6) is 0 Å². The van der Waals surface area contributed by atoms with Gasteiger partial charge in [0.2, 0.25) is 16.1 Å². The van der Waals surface area contributed by atoms with Crippen molar-refractivity contribution < 1.29 is 17.6 Å². The minimum absolute atomic E-state index is 0.0675. The molecule has 1 saturated heterocycles. The third-order valence-corrected chi connectivity index (χ3v) is 5.23. The zero-order valence-corrected chi connectivity index (χ0v) is 11.3. The summed E-state index contributed by atoms with van der Waals surface area (Å²) in [7, 11) is -3.97. The Labute approximate surface area is 114 Å². The zero-order valence-electron chi connectivity index (χ0n) is 9.71. The number of aliphatic imine (C=N–C) groups is 1. The van der Waals surface area contributed by atoms with E-state index in [9.17, 15) is 17.6 Å². The summed E-state index contributed by atoms with van der Waals surface area (Å²) in [6.45, 7) is 0.213. The van der Waals surface area contributed by atoms with Crippen molar-refractivity contribution in [3.05, 3.63) is 29.0 Å². The molecule has 1 unspecified atom stereocenters. The summed E-state index contributed by atoms with van der Waals surface area (Å²) in [4.78, 5) is 13.4. The molecule has 0 bridgehead atoms. The van der Waals surface area contributed by atoms with E-state index < -0.39 is 22.0 Å². The molecule has 1 fully saturated rings. The fourth-order valence-electron chi connectivity index (χ4n) is 1.99. The molecule has 1 aromatic carbocycles. The molecule has 1 aromatic rings. The fourth-order valence-corrected chi connectivity index (χ4v) is 4.08. The van der Waals surface area contributed by atoms with Crippen LogP contribution in [-0.2, 0) is 14.8 Å². The molecule has 0 aliphatic carbocycles. The molecular formula is C11H10ClFN2O3S. The van der Waals surface area contributed by atoms with Crippen LogP contribution < -0.4 is 0 Å². The third-order valence-electron chi connectivity index (χ3n) is 2.85. The Morgan fingerprint density at radius 1 is 1.47 bits per heavy atom. The average Bonchev–Trinajstić information content (AvgIpc) is 2.81. The lowest BCUT2D eigenvalue weighted by molar-refractivity contribution is 0.395. The van der Waals surface area contributed by atoms with Gasteiger partial charge in [0, 0.05) is 6.54 Å². The van der Waals surface area contributed by atoms with Crippen molar-refractivity contribution in [1.29, 1.82) is 0 Å². The molecule has 8 heteroatoms. The number of hydrogen-bond acceptors (Lipinski definition) is 4. The maximum atomic E-state index is 13.2. The van der Waals surface area contributed by atoms with Gasteiger partial charge in [-0.1, -0.05) is 11.6 Å². The van der Waals surface area contributed by atoms with Crippen LogP contribution in [0, 0.1) is 5.82 Å². The van der Waals surface area contributed by atoms with Crippen LogP contribution in [0.25, 0.3) is 0 Å². The third kappa shape index (κ3) is 2.69. The first kappa shape index (κ1) is 14.1. The number of nitrogens with zero attached hydrogens (tertiary/aromatic N) is 2. The van der Waals surface area contributed by atoms with E-state index in [1.165, 1.54) is 12.1 Å². The highest BCUT2D eigenvalue weighted by Crippen LogP contribution is 2.30. The monoisotopic (exact) mass is 304 g/mol. The fraction of sp³-hybridized carbons (Fsp3) is 0.364. The van der Waals surface area contributed by atoms with Crippen LogP contribution in [0.3, 0.4) is 0 Å². The quantitative estimate of drug-likeness (QED) is 0.633. The number of rotatable bonds is 3. The minimum atomic E-state index is -3.97. The summed E-state index contributed by atoms with van der Waals surface area (Å²) in [5.41, 5.74) is 0. The smallest absolute Gasteiger partial charge is 0.211 e. The molecule has 0 amide bonds.